The number of nitrogens with one attached hydrogen (secondary N) is 1. The molecule has 1 unspecified atom stereocenters. The highest BCUT2D eigenvalue weighted by Crippen LogP contribution is 2.18. The molecule has 0 fully saturated rings. The minimum absolute atomic E-state index is 0.440. The number of benzene rings is 1. The summed E-state index contributed by atoms with van der Waals surface area (Å²) in [6.45, 7) is 5.74. The molecular formula is C17H23NO2. The van der Waals surface area contributed by atoms with Crippen molar-refractivity contribution in [2.45, 2.75) is 39.3 Å². The van der Waals surface area contributed by atoms with Gasteiger partial charge in [0.25, 0.3) is 0 Å². The van der Waals surface area contributed by atoms with Gasteiger partial charge < -0.3 is 14.5 Å². The van der Waals surface area contributed by atoms with E-state index in [1.165, 1.54) is 5.56 Å². The topological polar surface area (TPSA) is 34.4 Å². The first-order valence-electron chi connectivity index (χ1n) is 7.26. The van der Waals surface area contributed by atoms with E-state index in [1.54, 1.807) is 6.26 Å². The molecule has 3 nitrogen and oxygen atoms in total. The van der Waals surface area contributed by atoms with Crippen molar-refractivity contribution in [1.29, 1.82) is 0 Å². The summed E-state index contributed by atoms with van der Waals surface area (Å²) < 4.78 is 11.0. The summed E-state index contributed by atoms with van der Waals surface area (Å²) in [7, 11) is 0. The Hall–Kier alpha value is -1.74. The second-order valence-corrected chi connectivity index (χ2v) is 4.94. The highest BCUT2D eigenvalue weighted by Gasteiger charge is 2.06. The van der Waals surface area contributed by atoms with Crippen LogP contribution in [0.4, 0.5) is 0 Å². The predicted molar refractivity (Wildman–Crippen MR) is 80.9 cm³/mol. The van der Waals surface area contributed by atoms with Crippen LogP contribution in [0.1, 0.15) is 31.6 Å². The van der Waals surface area contributed by atoms with Crippen LogP contribution in [0.5, 0.6) is 5.75 Å². The lowest BCUT2D eigenvalue weighted by atomic mass is 10.1. The van der Waals surface area contributed by atoms with Crippen LogP contribution in [0.3, 0.4) is 0 Å². The van der Waals surface area contributed by atoms with Gasteiger partial charge in [0.1, 0.15) is 11.5 Å². The van der Waals surface area contributed by atoms with Gasteiger partial charge in [-0.3, -0.25) is 0 Å². The van der Waals surface area contributed by atoms with E-state index in [-0.39, 0.29) is 0 Å². The maximum absolute atomic E-state index is 5.63. The van der Waals surface area contributed by atoms with E-state index in [4.69, 9.17) is 9.15 Å². The number of hydrogen-bond acceptors (Lipinski definition) is 3. The molecule has 2 aromatic rings. The van der Waals surface area contributed by atoms with Crippen LogP contribution in [0.25, 0.3) is 0 Å². The first-order chi connectivity index (χ1) is 9.79. The maximum Gasteiger partial charge on any atom is 0.123 e. The van der Waals surface area contributed by atoms with Gasteiger partial charge in [0.2, 0.25) is 0 Å². The largest absolute Gasteiger partial charge is 0.494 e. The van der Waals surface area contributed by atoms with Crippen LogP contribution < -0.4 is 10.1 Å². The molecule has 0 aliphatic heterocycles. The Bertz CT molecular complexity index is 493. The van der Waals surface area contributed by atoms with Crippen molar-refractivity contribution < 1.29 is 9.15 Å². The van der Waals surface area contributed by atoms with Gasteiger partial charge in [0.05, 0.1) is 12.9 Å². The van der Waals surface area contributed by atoms with E-state index in [9.17, 15) is 0 Å². The third-order valence-corrected chi connectivity index (χ3v) is 3.32. The molecule has 3 heteroatoms. The van der Waals surface area contributed by atoms with E-state index in [0.29, 0.717) is 12.6 Å². The predicted octanol–water partition coefficient (Wildman–Crippen LogP) is 3.79. The van der Waals surface area contributed by atoms with Crippen molar-refractivity contribution in [3.05, 3.63) is 54.0 Å². The summed E-state index contributed by atoms with van der Waals surface area (Å²) in [5.74, 6) is 2.02. The molecular weight excluding hydrogens is 250 g/mol. The van der Waals surface area contributed by atoms with E-state index in [2.05, 4.69) is 18.3 Å². The lowest BCUT2D eigenvalue weighted by molar-refractivity contribution is 0.334. The van der Waals surface area contributed by atoms with Crippen LogP contribution in [-0.4, -0.2) is 12.6 Å². The van der Waals surface area contributed by atoms with E-state index in [0.717, 1.165) is 30.9 Å². The molecule has 0 spiro atoms. The first kappa shape index (κ1) is 14.7. The molecule has 0 radical (unpaired) electrons. The lowest BCUT2D eigenvalue weighted by Gasteiger charge is -2.15. The molecule has 1 heterocycles. The Morgan fingerprint density at radius 1 is 1.20 bits per heavy atom. The second kappa shape index (κ2) is 7.75. The van der Waals surface area contributed by atoms with Crippen molar-refractivity contribution in [3.8, 4) is 5.75 Å². The van der Waals surface area contributed by atoms with Crippen LogP contribution >= 0.6 is 0 Å². The quantitative estimate of drug-likeness (QED) is 0.794. The molecule has 0 bridgehead atoms. The SMILES string of the molecule is CCOc1ccccc1CNC(C)CCc1ccco1. The summed E-state index contributed by atoms with van der Waals surface area (Å²) in [5, 5.41) is 3.54. The number of furan rings is 1. The molecule has 0 aliphatic carbocycles. The van der Waals surface area contributed by atoms with Gasteiger partial charge in [-0.25, -0.2) is 0 Å². The average Bonchev–Trinajstić information content (AvgIpc) is 2.98. The van der Waals surface area contributed by atoms with Gasteiger partial charge in [-0.05, 0) is 38.5 Å². The smallest absolute Gasteiger partial charge is 0.123 e. The fraction of sp³-hybridized carbons (Fsp3) is 0.412. The Morgan fingerprint density at radius 2 is 2.05 bits per heavy atom. The van der Waals surface area contributed by atoms with Gasteiger partial charge in [-0.15, -0.1) is 0 Å². The van der Waals surface area contributed by atoms with Crippen LogP contribution in [0.15, 0.2) is 47.1 Å². The van der Waals surface area contributed by atoms with E-state index < -0.39 is 0 Å². The highest BCUT2D eigenvalue weighted by atomic mass is 16.5. The molecule has 1 atom stereocenters. The minimum atomic E-state index is 0.440. The lowest BCUT2D eigenvalue weighted by Crippen LogP contribution is -2.26. The third kappa shape index (κ3) is 4.42. The molecule has 20 heavy (non-hydrogen) atoms. The van der Waals surface area contributed by atoms with Crippen molar-refractivity contribution in [2.75, 3.05) is 6.61 Å². The molecule has 0 saturated heterocycles. The fourth-order valence-corrected chi connectivity index (χ4v) is 2.15. The first-order valence-corrected chi connectivity index (χ1v) is 7.26. The summed E-state index contributed by atoms with van der Waals surface area (Å²) >= 11 is 0. The van der Waals surface area contributed by atoms with Gasteiger partial charge in [0, 0.05) is 24.6 Å². The summed E-state index contributed by atoms with van der Waals surface area (Å²) in [5.41, 5.74) is 1.21. The molecule has 0 aliphatic rings. The van der Waals surface area contributed by atoms with Crippen molar-refractivity contribution in [1.82, 2.24) is 5.32 Å². The second-order valence-electron chi connectivity index (χ2n) is 4.94. The number of ether oxygens (including phenoxy) is 1. The Balaban J connectivity index is 1.79. The minimum Gasteiger partial charge on any atom is -0.494 e. The Kier molecular flexibility index (Phi) is 5.69. The summed E-state index contributed by atoms with van der Waals surface area (Å²) in [4.78, 5) is 0. The molecule has 1 N–H and O–H groups in total. The van der Waals surface area contributed by atoms with E-state index >= 15 is 0 Å². The zero-order chi connectivity index (χ0) is 14.2. The highest BCUT2D eigenvalue weighted by molar-refractivity contribution is 5.33. The van der Waals surface area contributed by atoms with Crippen LogP contribution in [-0.2, 0) is 13.0 Å². The molecule has 1 aromatic heterocycles. The van der Waals surface area contributed by atoms with E-state index in [1.807, 2.05) is 37.3 Å². The van der Waals surface area contributed by atoms with Gasteiger partial charge in [-0.1, -0.05) is 18.2 Å². The average molecular weight is 273 g/mol. The van der Waals surface area contributed by atoms with Crippen molar-refractivity contribution in [3.63, 3.8) is 0 Å². The molecule has 0 saturated carbocycles. The van der Waals surface area contributed by atoms with Crippen molar-refractivity contribution in [2.24, 2.45) is 0 Å². The number of para-hydroxylation sites is 1. The van der Waals surface area contributed by atoms with Crippen LogP contribution in [0.2, 0.25) is 0 Å². The third-order valence-electron chi connectivity index (χ3n) is 3.32. The normalized spacial score (nSPS) is 12.3. The number of rotatable bonds is 8. The monoisotopic (exact) mass is 273 g/mol. The van der Waals surface area contributed by atoms with Crippen LogP contribution in [0, 0.1) is 0 Å². The molecule has 108 valence electrons. The van der Waals surface area contributed by atoms with Gasteiger partial charge >= 0.3 is 0 Å². The zero-order valence-electron chi connectivity index (χ0n) is 12.3. The molecule has 0 amide bonds. The summed E-state index contributed by atoms with van der Waals surface area (Å²) in [6.07, 6.45) is 3.75. The number of aryl methyl sites for hydroxylation is 1. The van der Waals surface area contributed by atoms with Crippen molar-refractivity contribution >= 4 is 0 Å². The van der Waals surface area contributed by atoms with Gasteiger partial charge in [0.15, 0.2) is 0 Å². The summed E-state index contributed by atoms with van der Waals surface area (Å²) in [6, 6.07) is 12.6. The number of hydrogen-bond donors (Lipinski definition) is 1. The Morgan fingerprint density at radius 3 is 2.80 bits per heavy atom. The standard InChI is InChI=1S/C17H23NO2/c1-3-19-17-9-5-4-7-15(17)13-18-14(2)10-11-16-8-6-12-20-16/h4-9,12,14,18H,3,10-11,13H2,1-2H3. The van der Waals surface area contributed by atoms with Gasteiger partial charge in [-0.2, -0.15) is 0 Å². The fourth-order valence-electron chi connectivity index (χ4n) is 2.15. The molecule has 2 rings (SSSR count). The Labute approximate surface area is 121 Å². The molecule has 1 aromatic carbocycles. The maximum atomic E-state index is 5.63. The zero-order valence-corrected chi connectivity index (χ0v) is 12.3.